The van der Waals surface area contributed by atoms with E-state index in [4.69, 9.17) is 11.0 Å². The molecule has 21 heavy (non-hydrogen) atoms. The minimum Gasteiger partial charge on any atom is -0.398 e. The van der Waals surface area contributed by atoms with E-state index in [1.165, 1.54) is 37.4 Å². The fourth-order valence-corrected chi connectivity index (χ4v) is 3.09. The first-order valence-electron chi connectivity index (χ1n) is 5.90. The van der Waals surface area contributed by atoms with Crippen molar-refractivity contribution < 1.29 is 12.8 Å². The van der Waals surface area contributed by atoms with Gasteiger partial charge in [-0.1, -0.05) is 0 Å². The molecular weight excluding hydrogens is 293 g/mol. The van der Waals surface area contributed by atoms with Crippen LogP contribution in [0.5, 0.6) is 0 Å². The van der Waals surface area contributed by atoms with Gasteiger partial charge in [0.15, 0.2) is 0 Å². The third-order valence-corrected chi connectivity index (χ3v) is 4.82. The number of sulfonamides is 1. The molecule has 2 N–H and O–H groups in total. The summed E-state index contributed by atoms with van der Waals surface area (Å²) in [6.45, 7) is 0. The largest absolute Gasteiger partial charge is 0.398 e. The van der Waals surface area contributed by atoms with Crippen LogP contribution in [0.25, 0.3) is 0 Å². The van der Waals surface area contributed by atoms with Gasteiger partial charge in [-0.2, -0.15) is 5.26 Å². The van der Waals surface area contributed by atoms with Crippen LogP contribution in [0.1, 0.15) is 5.56 Å². The highest BCUT2D eigenvalue weighted by molar-refractivity contribution is 7.93. The summed E-state index contributed by atoms with van der Waals surface area (Å²) in [5, 5.41) is 8.73. The van der Waals surface area contributed by atoms with E-state index in [0.717, 1.165) is 16.4 Å². The number of rotatable bonds is 3. The monoisotopic (exact) mass is 305 g/mol. The van der Waals surface area contributed by atoms with E-state index in [9.17, 15) is 12.8 Å². The van der Waals surface area contributed by atoms with Crippen LogP contribution < -0.4 is 10.0 Å². The summed E-state index contributed by atoms with van der Waals surface area (Å²) in [7, 11) is -2.64. The lowest BCUT2D eigenvalue weighted by molar-refractivity contribution is 0.590. The first kappa shape index (κ1) is 14.8. The van der Waals surface area contributed by atoms with Gasteiger partial charge in [-0.3, -0.25) is 4.31 Å². The van der Waals surface area contributed by atoms with Crippen LogP contribution in [-0.2, 0) is 10.0 Å². The second kappa shape index (κ2) is 5.42. The molecule has 0 unspecified atom stereocenters. The molecule has 0 spiro atoms. The number of nitrogen functional groups attached to an aromatic ring is 1. The quantitative estimate of drug-likeness (QED) is 0.880. The maximum Gasteiger partial charge on any atom is 0.266 e. The molecule has 0 aliphatic rings. The molecule has 0 aromatic heterocycles. The average molecular weight is 305 g/mol. The van der Waals surface area contributed by atoms with E-state index in [1.54, 1.807) is 0 Å². The topological polar surface area (TPSA) is 87.2 Å². The molecule has 0 atom stereocenters. The Balaban J connectivity index is 2.47. The Morgan fingerprint density at radius 3 is 2.38 bits per heavy atom. The van der Waals surface area contributed by atoms with Gasteiger partial charge in [0.2, 0.25) is 0 Å². The van der Waals surface area contributed by atoms with Crippen molar-refractivity contribution in [2.75, 3.05) is 17.1 Å². The van der Waals surface area contributed by atoms with E-state index in [0.29, 0.717) is 11.3 Å². The Labute approximate surface area is 122 Å². The minimum atomic E-state index is -3.98. The molecule has 5 nitrogen and oxygen atoms in total. The average Bonchev–Trinajstić information content (AvgIpc) is 2.49. The Bertz CT molecular complexity index is 811. The third-order valence-electron chi connectivity index (χ3n) is 2.97. The van der Waals surface area contributed by atoms with Crippen molar-refractivity contribution in [3.63, 3.8) is 0 Å². The number of hydrogen-bond donors (Lipinski definition) is 1. The van der Waals surface area contributed by atoms with Gasteiger partial charge in [0.05, 0.1) is 23.0 Å². The molecule has 0 radical (unpaired) electrons. The molecule has 0 amide bonds. The fraction of sp³-hybridized carbons (Fsp3) is 0.0714. The summed E-state index contributed by atoms with van der Waals surface area (Å²) < 4.78 is 39.2. The SMILES string of the molecule is CN(c1ccc(C#N)cc1)S(=O)(=O)c1cc(F)ccc1N. The number of nitriles is 1. The summed E-state index contributed by atoms with van der Waals surface area (Å²) in [5.41, 5.74) is 6.35. The van der Waals surface area contributed by atoms with Crippen molar-refractivity contribution in [1.82, 2.24) is 0 Å². The second-order valence-corrected chi connectivity index (χ2v) is 6.25. The van der Waals surface area contributed by atoms with Crippen molar-refractivity contribution in [1.29, 1.82) is 5.26 Å². The number of hydrogen-bond acceptors (Lipinski definition) is 4. The molecule has 0 fully saturated rings. The molecule has 2 aromatic carbocycles. The highest BCUT2D eigenvalue weighted by Crippen LogP contribution is 2.26. The summed E-state index contributed by atoms with van der Waals surface area (Å²) in [4.78, 5) is -0.297. The van der Waals surface area contributed by atoms with Crippen molar-refractivity contribution >= 4 is 21.4 Å². The Morgan fingerprint density at radius 1 is 1.19 bits per heavy atom. The molecule has 0 saturated carbocycles. The lowest BCUT2D eigenvalue weighted by Gasteiger charge is -2.20. The van der Waals surface area contributed by atoms with Crippen LogP contribution in [0, 0.1) is 17.1 Å². The van der Waals surface area contributed by atoms with Gasteiger partial charge < -0.3 is 5.73 Å². The number of anilines is 2. The molecule has 2 aromatic rings. The normalized spacial score (nSPS) is 10.9. The lowest BCUT2D eigenvalue weighted by Crippen LogP contribution is -2.27. The molecule has 2 rings (SSSR count). The molecule has 0 aliphatic carbocycles. The lowest BCUT2D eigenvalue weighted by atomic mass is 10.2. The predicted octanol–water partition coefficient (Wildman–Crippen LogP) is 2.10. The first-order chi connectivity index (χ1) is 9.86. The van der Waals surface area contributed by atoms with Crippen LogP contribution in [0.3, 0.4) is 0 Å². The van der Waals surface area contributed by atoms with Crippen molar-refractivity contribution in [3.05, 3.63) is 53.8 Å². The Morgan fingerprint density at radius 2 is 1.81 bits per heavy atom. The minimum absolute atomic E-state index is 0.0307. The third kappa shape index (κ3) is 2.80. The molecular formula is C14H12FN3O2S. The van der Waals surface area contributed by atoms with Crippen LogP contribution in [0.4, 0.5) is 15.8 Å². The highest BCUT2D eigenvalue weighted by Gasteiger charge is 2.24. The van der Waals surface area contributed by atoms with Crippen LogP contribution >= 0.6 is 0 Å². The summed E-state index contributed by atoms with van der Waals surface area (Å²) >= 11 is 0. The van der Waals surface area contributed by atoms with Gasteiger partial charge in [-0.05, 0) is 42.5 Å². The van der Waals surface area contributed by atoms with Gasteiger partial charge in [0.1, 0.15) is 10.7 Å². The summed E-state index contributed by atoms with van der Waals surface area (Å²) in [6, 6.07) is 11.1. The zero-order valence-corrected chi connectivity index (χ0v) is 11.9. The van der Waals surface area contributed by atoms with Crippen LogP contribution in [0.2, 0.25) is 0 Å². The smallest absolute Gasteiger partial charge is 0.266 e. The van der Waals surface area contributed by atoms with Gasteiger partial charge in [-0.25, -0.2) is 12.8 Å². The maximum atomic E-state index is 13.3. The van der Waals surface area contributed by atoms with E-state index in [2.05, 4.69) is 0 Å². The summed E-state index contributed by atoms with van der Waals surface area (Å²) in [6.07, 6.45) is 0. The second-order valence-electron chi connectivity index (χ2n) is 4.31. The summed E-state index contributed by atoms with van der Waals surface area (Å²) in [5.74, 6) is -0.684. The molecule has 0 aliphatic heterocycles. The molecule has 108 valence electrons. The predicted molar refractivity (Wildman–Crippen MR) is 77.6 cm³/mol. The maximum absolute atomic E-state index is 13.3. The van der Waals surface area contributed by atoms with E-state index in [1.807, 2.05) is 6.07 Å². The number of nitrogens with two attached hydrogens (primary N) is 1. The van der Waals surface area contributed by atoms with E-state index >= 15 is 0 Å². The highest BCUT2D eigenvalue weighted by atomic mass is 32.2. The van der Waals surface area contributed by atoms with Crippen molar-refractivity contribution in [2.45, 2.75) is 4.90 Å². The van der Waals surface area contributed by atoms with Gasteiger partial charge in [-0.15, -0.1) is 0 Å². The zero-order valence-electron chi connectivity index (χ0n) is 11.1. The number of benzene rings is 2. The van der Waals surface area contributed by atoms with Crippen molar-refractivity contribution in [2.24, 2.45) is 0 Å². The first-order valence-corrected chi connectivity index (χ1v) is 7.34. The van der Waals surface area contributed by atoms with Crippen molar-refractivity contribution in [3.8, 4) is 6.07 Å². The van der Waals surface area contributed by atoms with Crippen LogP contribution in [-0.4, -0.2) is 15.5 Å². The Kier molecular flexibility index (Phi) is 3.82. The molecule has 7 heteroatoms. The van der Waals surface area contributed by atoms with Crippen LogP contribution in [0.15, 0.2) is 47.4 Å². The molecule has 0 saturated heterocycles. The zero-order chi connectivity index (χ0) is 15.6. The van der Waals surface area contributed by atoms with E-state index < -0.39 is 15.8 Å². The number of halogens is 1. The molecule has 0 heterocycles. The van der Waals surface area contributed by atoms with E-state index in [-0.39, 0.29) is 10.6 Å². The molecule has 0 bridgehead atoms. The van der Waals surface area contributed by atoms with Gasteiger partial charge >= 0.3 is 0 Å². The van der Waals surface area contributed by atoms with Gasteiger partial charge in [0.25, 0.3) is 10.0 Å². The fourth-order valence-electron chi connectivity index (χ4n) is 1.76. The standard InChI is InChI=1S/C14H12FN3O2S/c1-18(12-5-2-10(9-16)3-6-12)21(19,20)14-8-11(15)4-7-13(14)17/h2-8H,17H2,1H3. The Hall–Kier alpha value is -2.59. The number of nitrogens with zero attached hydrogens (tertiary/aromatic N) is 2. The van der Waals surface area contributed by atoms with Gasteiger partial charge in [0, 0.05) is 7.05 Å².